The molecule has 1 N–H and O–H groups in total. The smallest absolute Gasteiger partial charge is 0.153 e. The van der Waals surface area contributed by atoms with Gasteiger partial charge in [-0.2, -0.15) is 0 Å². The largest absolute Gasteiger partial charge is 0.385 e. The van der Waals surface area contributed by atoms with Gasteiger partial charge in [0.05, 0.1) is 5.69 Å². The fourth-order valence-corrected chi connectivity index (χ4v) is 1.88. The molecule has 0 bridgehead atoms. The average molecular weight is 207 g/mol. The van der Waals surface area contributed by atoms with Gasteiger partial charge in [0, 0.05) is 26.9 Å². The molecule has 1 fully saturated rings. The number of anilines is 2. The van der Waals surface area contributed by atoms with Crippen molar-refractivity contribution in [2.24, 2.45) is 0 Å². The molecule has 0 aromatic carbocycles. The van der Waals surface area contributed by atoms with Gasteiger partial charge in [0.25, 0.3) is 0 Å². The molecule has 1 aromatic heterocycles. The molecule has 1 aromatic rings. The Morgan fingerprint density at radius 1 is 1.60 bits per heavy atom. The maximum absolute atomic E-state index is 5.63. The Kier molecular flexibility index (Phi) is 3.06. The van der Waals surface area contributed by atoms with Crippen LogP contribution in [0.3, 0.4) is 0 Å². The summed E-state index contributed by atoms with van der Waals surface area (Å²) in [6, 6.07) is 3.95. The lowest BCUT2D eigenvalue weighted by atomic mass is 10.3. The van der Waals surface area contributed by atoms with Crippen molar-refractivity contribution >= 4 is 11.5 Å². The third-order valence-corrected chi connectivity index (χ3v) is 2.73. The Morgan fingerprint density at radius 2 is 2.47 bits per heavy atom. The molecule has 0 aliphatic carbocycles. The standard InChI is InChI=1S/C11H17N3O/c1-12-9-5-3-7-13-11(9)14(2)10-6-4-8-15-10/h3,5,7,10,12H,4,6,8H2,1-2H3. The first kappa shape index (κ1) is 10.2. The van der Waals surface area contributed by atoms with Crippen molar-refractivity contribution in [2.75, 3.05) is 30.9 Å². The second-order valence-electron chi connectivity index (χ2n) is 3.70. The van der Waals surface area contributed by atoms with Crippen molar-refractivity contribution in [3.63, 3.8) is 0 Å². The van der Waals surface area contributed by atoms with Crippen molar-refractivity contribution in [3.05, 3.63) is 18.3 Å². The molecule has 1 atom stereocenters. The highest BCUT2D eigenvalue weighted by Gasteiger charge is 2.22. The van der Waals surface area contributed by atoms with E-state index in [1.807, 2.05) is 32.4 Å². The molecule has 0 radical (unpaired) electrons. The predicted octanol–water partition coefficient (Wildman–Crippen LogP) is 1.70. The first-order valence-electron chi connectivity index (χ1n) is 5.30. The molecular formula is C11H17N3O. The van der Waals surface area contributed by atoms with Crippen LogP contribution in [0.2, 0.25) is 0 Å². The van der Waals surface area contributed by atoms with E-state index in [9.17, 15) is 0 Å². The summed E-state index contributed by atoms with van der Waals surface area (Å²) >= 11 is 0. The first-order chi connectivity index (χ1) is 7.33. The van der Waals surface area contributed by atoms with Crippen LogP contribution in [-0.4, -0.2) is 31.9 Å². The van der Waals surface area contributed by atoms with Crippen LogP contribution in [0.5, 0.6) is 0 Å². The van der Waals surface area contributed by atoms with Gasteiger partial charge < -0.3 is 15.0 Å². The number of hydrogen-bond donors (Lipinski definition) is 1. The van der Waals surface area contributed by atoms with Gasteiger partial charge in [0.1, 0.15) is 6.23 Å². The molecular weight excluding hydrogens is 190 g/mol. The number of hydrogen-bond acceptors (Lipinski definition) is 4. The Hall–Kier alpha value is -1.29. The first-order valence-corrected chi connectivity index (χ1v) is 5.30. The van der Waals surface area contributed by atoms with Crippen LogP contribution in [0.25, 0.3) is 0 Å². The molecule has 1 aliphatic heterocycles. The van der Waals surface area contributed by atoms with Gasteiger partial charge in [0.2, 0.25) is 0 Å². The van der Waals surface area contributed by atoms with E-state index in [0.717, 1.165) is 31.0 Å². The Labute approximate surface area is 90.3 Å². The highest BCUT2D eigenvalue weighted by molar-refractivity contribution is 5.64. The van der Waals surface area contributed by atoms with E-state index >= 15 is 0 Å². The van der Waals surface area contributed by atoms with Crippen molar-refractivity contribution in [2.45, 2.75) is 19.1 Å². The zero-order chi connectivity index (χ0) is 10.7. The van der Waals surface area contributed by atoms with Crippen LogP contribution >= 0.6 is 0 Å². The number of rotatable bonds is 3. The normalized spacial score (nSPS) is 20.3. The molecule has 2 rings (SSSR count). The third-order valence-electron chi connectivity index (χ3n) is 2.73. The van der Waals surface area contributed by atoms with Gasteiger partial charge >= 0.3 is 0 Å². The lowest BCUT2D eigenvalue weighted by molar-refractivity contribution is 0.111. The third kappa shape index (κ3) is 2.04. The quantitative estimate of drug-likeness (QED) is 0.818. The Balaban J connectivity index is 2.19. The number of ether oxygens (including phenoxy) is 1. The van der Waals surface area contributed by atoms with Crippen LogP contribution < -0.4 is 10.2 Å². The molecule has 0 amide bonds. The summed E-state index contributed by atoms with van der Waals surface area (Å²) in [6.07, 6.45) is 4.20. The maximum Gasteiger partial charge on any atom is 0.153 e. The average Bonchev–Trinajstić information content (AvgIpc) is 2.81. The SMILES string of the molecule is CNc1cccnc1N(C)C1CCCO1. The van der Waals surface area contributed by atoms with Crippen LogP contribution in [0.1, 0.15) is 12.8 Å². The fraction of sp³-hybridized carbons (Fsp3) is 0.545. The lowest BCUT2D eigenvalue weighted by Crippen LogP contribution is -2.31. The molecule has 1 unspecified atom stereocenters. The highest BCUT2D eigenvalue weighted by Crippen LogP contribution is 2.26. The monoisotopic (exact) mass is 207 g/mol. The second-order valence-corrected chi connectivity index (χ2v) is 3.70. The lowest BCUT2D eigenvalue weighted by Gasteiger charge is -2.26. The van der Waals surface area contributed by atoms with Gasteiger partial charge in [-0.3, -0.25) is 0 Å². The van der Waals surface area contributed by atoms with Crippen molar-refractivity contribution in [1.29, 1.82) is 0 Å². The van der Waals surface area contributed by atoms with E-state index in [1.54, 1.807) is 0 Å². The minimum atomic E-state index is 0.173. The number of nitrogens with one attached hydrogen (secondary N) is 1. The van der Waals surface area contributed by atoms with Crippen molar-refractivity contribution < 1.29 is 4.74 Å². The predicted molar refractivity (Wildman–Crippen MR) is 61.2 cm³/mol. The van der Waals surface area contributed by atoms with Crippen LogP contribution in [0.15, 0.2) is 18.3 Å². The topological polar surface area (TPSA) is 37.4 Å². The molecule has 1 aliphatic rings. The summed E-state index contributed by atoms with van der Waals surface area (Å²) < 4.78 is 5.63. The van der Waals surface area contributed by atoms with Crippen LogP contribution in [-0.2, 0) is 4.74 Å². The van der Waals surface area contributed by atoms with Gasteiger partial charge in [-0.15, -0.1) is 0 Å². The Morgan fingerprint density at radius 3 is 3.13 bits per heavy atom. The summed E-state index contributed by atoms with van der Waals surface area (Å²) in [4.78, 5) is 6.47. The van der Waals surface area contributed by atoms with Gasteiger partial charge in [-0.05, 0) is 25.0 Å². The number of aromatic nitrogens is 1. The van der Waals surface area contributed by atoms with Crippen LogP contribution in [0, 0.1) is 0 Å². The summed E-state index contributed by atoms with van der Waals surface area (Å²) in [5.41, 5.74) is 1.04. The van der Waals surface area contributed by atoms with E-state index in [-0.39, 0.29) is 6.23 Å². The Bertz CT molecular complexity index is 323. The van der Waals surface area contributed by atoms with E-state index in [0.29, 0.717) is 0 Å². The zero-order valence-electron chi connectivity index (χ0n) is 9.23. The minimum Gasteiger partial charge on any atom is -0.385 e. The van der Waals surface area contributed by atoms with E-state index in [2.05, 4.69) is 15.2 Å². The zero-order valence-corrected chi connectivity index (χ0v) is 9.23. The molecule has 2 heterocycles. The molecule has 4 heteroatoms. The van der Waals surface area contributed by atoms with Gasteiger partial charge in [-0.25, -0.2) is 4.98 Å². The summed E-state index contributed by atoms with van der Waals surface area (Å²) in [5, 5.41) is 3.14. The molecule has 4 nitrogen and oxygen atoms in total. The van der Waals surface area contributed by atoms with Crippen molar-refractivity contribution in [1.82, 2.24) is 4.98 Å². The number of nitrogens with zero attached hydrogens (tertiary/aromatic N) is 2. The molecule has 82 valence electrons. The van der Waals surface area contributed by atoms with E-state index in [1.165, 1.54) is 0 Å². The molecule has 15 heavy (non-hydrogen) atoms. The second kappa shape index (κ2) is 4.49. The maximum atomic E-state index is 5.63. The summed E-state index contributed by atoms with van der Waals surface area (Å²) in [5.74, 6) is 0.951. The molecule has 1 saturated heterocycles. The summed E-state index contributed by atoms with van der Waals surface area (Å²) in [7, 11) is 3.93. The van der Waals surface area contributed by atoms with Crippen LogP contribution in [0.4, 0.5) is 11.5 Å². The molecule has 0 saturated carbocycles. The summed E-state index contributed by atoms with van der Waals surface area (Å²) in [6.45, 7) is 0.858. The van der Waals surface area contributed by atoms with Gasteiger partial charge in [-0.1, -0.05) is 0 Å². The van der Waals surface area contributed by atoms with E-state index < -0.39 is 0 Å². The van der Waals surface area contributed by atoms with E-state index in [4.69, 9.17) is 4.74 Å². The molecule has 0 spiro atoms. The fourth-order valence-electron chi connectivity index (χ4n) is 1.88. The highest BCUT2D eigenvalue weighted by atomic mass is 16.5. The minimum absolute atomic E-state index is 0.173. The van der Waals surface area contributed by atoms with Crippen molar-refractivity contribution in [3.8, 4) is 0 Å². The number of pyridine rings is 1. The van der Waals surface area contributed by atoms with Gasteiger partial charge in [0.15, 0.2) is 5.82 Å².